The number of aliphatic hydroxyl groups excluding tert-OH is 1. The number of carbonyl (C=O) groups is 1. The zero-order valence-corrected chi connectivity index (χ0v) is 10.7. The standard InChI is InChI=1S/C15H16FNO2/c1-10-8-14(10)17-15(19)13-6-5-12(16)9-11(13)4-2-3-7-18/h5-6,9-10,14,18H,3,7-8H2,1H3,(H,17,19). The summed E-state index contributed by atoms with van der Waals surface area (Å²) in [5, 5.41) is 11.6. The van der Waals surface area contributed by atoms with Gasteiger partial charge in [-0.05, 0) is 30.5 Å². The topological polar surface area (TPSA) is 49.3 Å². The SMILES string of the molecule is CC1CC1NC(=O)c1ccc(F)cc1C#CCCO. The monoisotopic (exact) mass is 261 g/mol. The fraction of sp³-hybridized carbons (Fsp3) is 0.400. The fourth-order valence-electron chi connectivity index (χ4n) is 1.80. The molecule has 1 amide bonds. The van der Waals surface area contributed by atoms with Gasteiger partial charge >= 0.3 is 0 Å². The van der Waals surface area contributed by atoms with Crippen LogP contribution in [-0.2, 0) is 0 Å². The van der Waals surface area contributed by atoms with Gasteiger partial charge in [0.15, 0.2) is 0 Å². The van der Waals surface area contributed by atoms with Crippen molar-refractivity contribution in [1.29, 1.82) is 0 Å². The largest absolute Gasteiger partial charge is 0.395 e. The highest BCUT2D eigenvalue weighted by molar-refractivity contribution is 5.97. The predicted octanol–water partition coefficient (Wildman–Crippen LogP) is 1.70. The Morgan fingerprint density at radius 2 is 2.32 bits per heavy atom. The van der Waals surface area contributed by atoms with Gasteiger partial charge in [0.05, 0.1) is 12.2 Å². The van der Waals surface area contributed by atoms with Crippen molar-refractivity contribution >= 4 is 5.91 Å². The van der Waals surface area contributed by atoms with E-state index < -0.39 is 5.82 Å². The minimum atomic E-state index is -0.426. The lowest BCUT2D eigenvalue weighted by atomic mass is 10.1. The third-order valence-corrected chi connectivity index (χ3v) is 3.11. The van der Waals surface area contributed by atoms with Crippen LogP contribution in [0.25, 0.3) is 0 Å². The molecule has 1 aromatic carbocycles. The minimum Gasteiger partial charge on any atom is -0.395 e. The maximum absolute atomic E-state index is 13.2. The van der Waals surface area contributed by atoms with Gasteiger partial charge in [0.2, 0.25) is 0 Å². The molecular formula is C15H16FNO2. The molecule has 3 nitrogen and oxygen atoms in total. The molecule has 2 atom stereocenters. The average molecular weight is 261 g/mol. The first kappa shape index (κ1) is 13.6. The number of hydrogen-bond donors (Lipinski definition) is 2. The molecule has 0 saturated heterocycles. The highest BCUT2D eigenvalue weighted by atomic mass is 19.1. The maximum atomic E-state index is 13.2. The summed E-state index contributed by atoms with van der Waals surface area (Å²) in [5.74, 6) is 5.30. The molecule has 100 valence electrons. The van der Waals surface area contributed by atoms with Crippen molar-refractivity contribution in [2.75, 3.05) is 6.61 Å². The molecule has 1 aliphatic carbocycles. The van der Waals surface area contributed by atoms with Gasteiger partial charge in [-0.15, -0.1) is 0 Å². The predicted molar refractivity (Wildman–Crippen MR) is 70.0 cm³/mol. The Balaban J connectivity index is 2.18. The maximum Gasteiger partial charge on any atom is 0.252 e. The van der Waals surface area contributed by atoms with E-state index in [9.17, 15) is 9.18 Å². The van der Waals surface area contributed by atoms with Crippen molar-refractivity contribution in [3.8, 4) is 11.8 Å². The van der Waals surface area contributed by atoms with Crippen LogP contribution >= 0.6 is 0 Å². The van der Waals surface area contributed by atoms with Crippen LogP contribution in [0, 0.1) is 23.6 Å². The summed E-state index contributed by atoms with van der Waals surface area (Å²) in [6, 6.07) is 4.16. The lowest BCUT2D eigenvalue weighted by molar-refractivity contribution is 0.0949. The van der Waals surface area contributed by atoms with Gasteiger partial charge in [-0.3, -0.25) is 4.79 Å². The van der Waals surface area contributed by atoms with Gasteiger partial charge in [0, 0.05) is 18.0 Å². The highest BCUT2D eigenvalue weighted by Gasteiger charge is 2.34. The van der Waals surface area contributed by atoms with Crippen LogP contribution in [0.1, 0.15) is 35.7 Å². The lowest BCUT2D eigenvalue weighted by Crippen LogP contribution is -2.27. The van der Waals surface area contributed by atoms with Gasteiger partial charge in [-0.2, -0.15) is 0 Å². The van der Waals surface area contributed by atoms with E-state index in [1.165, 1.54) is 18.2 Å². The van der Waals surface area contributed by atoms with Crippen molar-refractivity contribution < 1.29 is 14.3 Å². The molecule has 0 heterocycles. The first-order chi connectivity index (χ1) is 9.11. The van der Waals surface area contributed by atoms with E-state index in [2.05, 4.69) is 24.1 Å². The van der Waals surface area contributed by atoms with Crippen LogP contribution in [0.15, 0.2) is 18.2 Å². The fourth-order valence-corrected chi connectivity index (χ4v) is 1.80. The molecule has 1 aliphatic rings. The number of rotatable bonds is 3. The second-order valence-corrected chi connectivity index (χ2v) is 4.76. The Kier molecular flexibility index (Phi) is 4.18. The second-order valence-electron chi connectivity index (χ2n) is 4.76. The molecule has 0 aliphatic heterocycles. The molecule has 2 unspecified atom stereocenters. The summed E-state index contributed by atoms with van der Waals surface area (Å²) in [7, 11) is 0. The zero-order chi connectivity index (χ0) is 13.8. The van der Waals surface area contributed by atoms with Gasteiger partial charge in [0.25, 0.3) is 5.91 Å². The summed E-state index contributed by atoms with van der Waals surface area (Å²) < 4.78 is 13.2. The molecule has 0 aromatic heterocycles. The molecular weight excluding hydrogens is 245 g/mol. The van der Waals surface area contributed by atoms with E-state index in [0.717, 1.165) is 6.42 Å². The molecule has 2 N–H and O–H groups in total. The quantitative estimate of drug-likeness (QED) is 0.814. The second kappa shape index (κ2) is 5.85. The number of halogens is 1. The molecule has 0 radical (unpaired) electrons. The van der Waals surface area contributed by atoms with Gasteiger partial charge in [-0.1, -0.05) is 18.8 Å². The molecule has 1 saturated carbocycles. The first-order valence-corrected chi connectivity index (χ1v) is 6.32. The number of aliphatic hydroxyl groups is 1. The van der Waals surface area contributed by atoms with E-state index in [1.807, 2.05) is 0 Å². The Morgan fingerprint density at radius 1 is 1.58 bits per heavy atom. The van der Waals surface area contributed by atoms with Crippen LogP contribution in [0.4, 0.5) is 4.39 Å². The van der Waals surface area contributed by atoms with Crippen molar-refractivity contribution in [1.82, 2.24) is 5.32 Å². The van der Waals surface area contributed by atoms with Crippen LogP contribution < -0.4 is 5.32 Å². The lowest BCUT2D eigenvalue weighted by Gasteiger charge is -2.06. The van der Waals surface area contributed by atoms with Crippen LogP contribution in [0.5, 0.6) is 0 Å². The van der Waals surface area contributed by atoms with Crippen molar-refractivity contribution in [2.45, 2.75) is 25.8 Å². The third-order valence-electron chi connectivity index (χ3n) is 3.11. The summed E-state index contributed by atoms with van der Waals surface area (Å²) in [6.07, 6.45) is 1.29. The summed E-state index contributed by atoms with van der Waals surface area (Å²) in [5.41, 5.74) is 0.741. The molecule has 1 aromatic rings. The molecule has 1 fully saturated rings. The van der Waals surface area contributed by atoms with E-state index in [4.69, 9.17) is 5.11 Å². The summed E-state index contributed by atoms with van der Waals surface area (Å²) in [6.45, 7) is 2.01. The van der Waals surface area contributed by atoms with Crippen LogP contribution in [0.3, 0.4) is 0 Å². The normalized spacial score (nSPS) is 20.4. The Labute approximate surface area is 111 Å². The zero-order valence-electron chi connectivity index (χ0n) is 10.7. The Hall–Kier alpha value is -1.86. The highest BCUT2D eigenvalue weighted by Crippen LogP contribution is 2.29. The summed E-state index contributed by atoms with van der Waals surface area (Å²) in [4.78, 5) is 12.1. The van der Waals surface area contributed by atoms with E-state index in [-0.39, 0.29) is 18.6 Å². The first-order valence-electron chi connectivity index (χ1n) is 6.32. The third kappa shape index (κ3) is 3.55. The van der Waals surface area contributed by atoms with Crippen molar-refractivity contribution in [3.63, 3.8) is 0 Å². The molecule has 0 bridgehead atoms. The van der Waals surface area contributed by atoms with Gasteiger partial charge < -0.3 is 10.4 Å². The number of amides is 1. The average Bonchev–Trinajstić information content (AvgIpc) is 3.05. The van der Waals surface area contributed by atoms with Crippen LogP contribution in [-0.4, -0.2) is 23.7 Å². The molecule has 19 heavy (non-hydrogen) atoms. The smallest absolute Gasteiger partial charge is 0.252 e. The van der Waals surface area contributed by atoms with Gasteiger partial charge in [-0.25, -0.2) is 4.39 Å². The van der Waals surface area contributed by atoms with Gasteiger partial charge in [0.1, 0.15) is 5.82 Å². The number of carbonyl (C=O) groups excluding carboxylic acids is 1. The van der Waals surface area contributed by atoms with Crippen molar-refractivity contribution in [3.05, 3.63) is 35.1 Å². The number of nitrogens with one attached hydrogen (secondary N) is 1. The summed E-state index contributed by atoms with van der Waals surface area (Å²) >= 11 is 0. The van der Waals surface area contributed by atoms with E-state index >= 15 is 0 Å². The molecule has 2 rings (SSSR count). The van der Waals surface area contributed by atoms with Crippen molar-refractivity contribution in [2.24, 2.45) is 5.92 Å². The van der Waals surface area contributed by atoms with E-state index in [1.54, 1.807) is 0 Å². The number of benzene rings is 1. The Bertz CT molecular complexity index is 545. The van der Waals surface area contributed by atoms with E-state index in [0.29, 0.717) is 23.5 Å². The minimum absolute atomic E-state index is 0.0521. The Morgan fingerprint density at radius 3 is 2.95 bits per heavy atom. The number of hydrogen-bond acceptors (Lipinski definition) is 2. The van der Waals surface area contributed by atoms with Crippen LogP contribution in [0.2, 0.25) is 0 Å². The molecule has 0 spiro atoms. The molecule has 4 heteroatoms.